The molecular formula is C65H104O6. The van der Waals surface area contributed by atoms with Crippen molar-refractivity contribution < 1.29 is 28.6 Å². The lowest BCUT2D eigenvalue weighted by atomic mass is 10.1. The molecule has 0 aliphatic carbocycles. The van der Waals surface area contributed by atoms with E-state index >= 15 is 0 Å². The maximum atomic E-state index is 12.9. The van der Waals surface area contributed by atoms with E-state index in [0.29, 0.717) is 12.8 Å². The van der Waals surface area contributed by atoms with Gasteiger partial charge in [-0.3, -0.25) is 14.4 Å². The average Bonchev–Trinajstić information content (AvgIpc) is 3.37. The molecule has 0 saturated heterocycles. The number of esters is 3. The van der Waals surface area contributed by atoms with Crippen LogP contribution in [0.3, 0.4) is 0 Å². The molecule has 0 radical (unpaired) electrons. The first kappa shape index (κ1) is 66.6. The molecule has 1 atom stereocenters. The molecule has 0 aromatic carbocycles. The third-order valence-electron chi connectivity index (χ3n) is 11.6. The molecule has 0 bridgehead atoms. The molecular weight excluding hydrogens is 877 g/mol. The first-order chi connectivity index (χ1) is 35.0. The number of rotatable bonds is 50. The Kier molecular flexibility index (Phi) is 54.5. The summed E-state index contributed by atoms with van der Waals surface area (Å²) in [5.74, 6) is -0.953. The third kappa shape index (κ3) is 56.3. The zero-order valence-electron chi connectivity index (χ0n) is 45.7. The number of unbranched alkanes of at least 4 members (excludes halogenated alkanes) is 17. The second kappa shape index (κ2) is 58.1. The summed E-state index contributed by atoms with van der Waals surface area (Å²) in [5, 5.41) is 0. The largest absolute Gasteiger partial charge is 0.462 e. The normalized spacial score (nSPS) is 13.1. The highest BCUT2D eigenvalue weighted by molar-refractivity contribution is 5.71. The van der Waals surface area contributed by atoms with Gasteiger partial charge < -0.3 is 14.2 Å². The van der Waals surface area contributed by atoms with E-state index in [1.165, 1.54) is 38.5 Å². The topological polar surface area (TPSA) is 78.9 Å². The van der Waals surface area contributed by atoms with Crippen LogP contribution in [0.1, 0.15) is 239 Å². The van der Waals surface area contributed by atoms with Gasteiger partial charge in [0.2, 0.25) is 0 Å². The molecule has 400 valence electrons. The fraction of sp³-hybridized carbons (Fsp3) is 0.615. The zero-order valence-corrected chi connectivity index (χ0v) is 45.7. The number of hydrogen-bond acceptors (Lipinski definition) is 6. The highest BCUT2D eigenvalue weighted by atomic mass is 16.6. The lowest BCUT2D eigenvalue weighted by Crippen LogP contribution is -2.30. The van der Waals surface area contributed by atoms with Gasteiger partial charge in [-0.15, -0.1) is 0 Å². The number of ether oxygens (including phenoxy) is 3. The molecule has 0 aromatic heterocycles. The highest BCUT2D eigenvalue weighted by Crippen LogP contribution is 2.14. The summed E-state index contributed by atoms with van der Waals surface area (Å²) >= 11 is 0. The summed E-state index contributed by atoms with van der Waals surface area (Å²) in [6.45, 7) is 6.26. The smallest absolute Gasteiger partial charge is 0.306 e. The van der Waals surface area contributed by atoms with Gasteiger partial charge in [0.25, 0.3) is 0 Å². The monoisotopic (exact) mass is 981 g/mol. The summed E-state index contributed by atoms with van der Waals surface area (Å²) in [5.41, 5.74) is 0. The fourth-order valence-corrected chi connectivity index (χ4v) is 7.44. The SMILES string of the molecule is CC/C=C\C/C=C\C/C=C\C/C=C\CCCCCCCCC(=O)OCC(COC(=O)CCCCCCCCC/C=C\C/C=C\C/C=C\CC)OC(=O)CCCCCC/C=C\C/C=C\C/C=C\C/C=C\CC. The molecule has 0 spiro atoms. The molecule has 0 aromatic rings. The van der Waals surface area contributed by atoms with Gasteiger partial charge in [0.1, 0.15) is 13.2 Å². The van der Waals surface area contributed by atoms with Crippen LogP contribution in [0.15, 0.2) is 134 Å². The van der Waals surface area contributed by atoms with E-state index in [2.05, 4.69) is 154 Å². The van der Waals surface area contributed by atoms with Gasteiger partial charge in [-0.2, -0.15) is 0 Å². The van der Waals surface area contributed by atoms with Gasteiger partial charge in [0.15, 0.2) is 6.10 Å². The van der Waals surface area contributed by atoms with Crippen molar-refractivity contribution in [3.63, 3.8) is 0 Å². The minimum Gasteiger partial charge on any atom is -0.462 e. The van der Waals surface area contributed by atoms with Crippen LogP contribution in [-0.4, -0.2) is 37.2 Å². The maximum absolute atomic E-state index is 12.9. The Hall–Kier alpha value is -4.45. The first-order valence-corrected chi connectivity index (χ1v) is 28.7. The summed E-state index contributed by atoms with van der Waals surface area (Å²) in [6, 6.07) is 0. The van der Waals surface area contributed by atoms with Crippen LogP contribution in [0.5, 0.6) is 0 Å². The van der Waals surface area contributed by atoms with E-state index in [1.807, 2.05) is 0 Å². The predicted molar refractivity (Wildman–Crippen MR) is 306 cm³/mol. The lowest BCUT2D eigenvalue weighted by molar-refractivity contribution is -0.167. The Morgan fingerprint density at radius 2 is 0.507 bits per heavy atom. The lowest BCUT2D eigenvalue weighted by Gasteiger charge is -2.18. The van der Waals surface area contributed by atoms with Crippen molar-refractivity contribution in [1.29, 1.82) is 0 Å². The number of hydrogen-bond donors (Lipinski definition) is 0. The van der Waals surface area contributed by atoms with Crippen molar-refractivity contribution in [1.82, 2.24) is 0 Å². The van der Waals surface area contributed by atoms with Crippen molar-refractivity contribution in [2.75, 3.05) is 13.2 Å². The molecule has 0 N–H and O–H groups in total. The molecule has 0 saturated carbocycles. The van der Waals surface area contributed by atoms with Gasteiger partial charge in [-0.05, 0) is 128 Å². The Morgan fingerprint density at radius 3 is 0.789 bits per heavy atom. The van der Waals surface area contributed by atoms with Crippen LogP contribution in [0, 0.1) is 0 Å². The zero-order chi connectivity index (χ0) is 51.4. The van der Waals surface area contributed by atoms with E-state index in [9.17, 15) is 14.4 Å². The quantitative estimate of drug-likeness (QED) is 0.0262. The molecule has 0 amide bonds. The molecule has 6 heteroatoms. The van der Waals surface area contributed by atoms with E-state index < -0.39 is 6.10 Å². The Bertz CT molecular complexity index is 1550. The van der Waals surface area contributed by atoms with E-state index in [1.54, 1.807) is 0 Å². The summed E-state index contributed by atoms with van der Waals surface area (Å²) < 4.78 is 16.8. The van der Waals surface area contributed by atoms with E-state index in [4.69, 9.17) is 14.2 Å². The first-order valence-electron chi connectivity index (χ1n) is 28.7. The van der Waals surface area contributed by atoms with Crippen LogP contribution in [0.4, 0.5) is 0 Å². The second-order valence-corrected chi connectivity index (χ2v) is 18.4. The van der Waals surface area contributed by atoms with Gasteiger partial charge in [-0.25, -0.2) is 0 Å². The molecule has 1 unspecified atom stereocenters. The second-order valence-electron chi connectivity index (χ2n) is 18.4. The third-order valence-corrected chi connectivity index (χ3v) is 11.6. The van der Waals surface area contributed by atoms with Crippen LogP contribution in [-0.2, 0) is 28.6 Å². The highest BCUT2D eigenvalue weighted by Gasteiger charge is 2.19. The van der Waals surface area contributed by atoms with Crippen LogP contribution >= 0.6 is 0 Å². The van der Waals surface area contributed by atoms with Gasteiger partial charge >= 0.3 is 17.9 Å². The molecule has 0 fully saturated rings. The summed E-state index contributed by atoms with van der Waals surface area (Å²) in [4.78, 5) is 38.2. The molecule has 0 rings (SSSR count). The van der Waals surface area contributed by atoms with E-state index in [0.717, 1.165) is 161 Å². The number of carbonyl (C=O) groups excluding carboxylic acids is 3. The van der Waals surface area contributed by atoms with Crippen molar-refractivity contribution in [2.24, 2.45) is 0 Å². The fourth-order valence-electron chi connectivity index (χ4n) is 7.44. The van der Waals surface area contributed by atoms with Crippen LogP contribution in [0.25, 0.3) is 0 Å². The Balaban J connectivity index is 4.50. The minimum absolute atomic E-state index is 0.103. The van der Waals surface area contributed by atoms with Crippen molar-refractivity contribution >= 4 is 17.9 Å². The Labute approximate surface area is 436 Å². The number of carbonyl (C=O) groups is 3. The standard InChI is InChI=1S/C65H104O6/c1-4-7-10-13-16-19-22-25-28-31-32-35-37-40-43-46-49-52-55-58-64(67)70-61-62(71-65(68)59-56-53-50-47-44-41-38-34-30-27-24-21-18-15-12-9-6-3)60-69-63(66)57-54-51-48-45-42-39-36-33-29-26-23-20-17-14-11-8-5-2/h7-12,16-21,25-30,32,35,38,41,62H,4-6,13-15,22-24,31,33-34,36-37,39-40,42-61H2,1-3H3/b10-7-,11-8-,12-9-,19-16-,20-17-,21-18-,28-25-,29-26-,30-27-,35-32-,41-38-. The molecule has 0 heterocycles. The predicted octanol–water partition coefficient (Wildman–Crippen LogP) is 19.4. The summed E-state index contributed by atoms with van der Waals surface area (Å²) in [7, 11) is 0. The Morgan fingerprint density at radius 1 is 0.282 bits per heavy atom. The van der Waals surface area contributed by atoms with Crippen LogP contribution < -0.4 is 0 Å². The van der Waals surface area contributed by atoms with Gasteiger partial charge in [-0.1, -0.05) is 225 Å². The summed E-state index contributed by atoms with van der Waals surface area (Å²) in [6.07, 6.45) is 81.5. The molecule has 71 heavy (non-hydrogen) atoms. The molecule has 6 nitrogen and oxygen atoms in total. The average molecular weight is 982 g/mol. The molecule has 0 aliphatic rings. The van der Waals surface area contributed by atoms with Gasteiger partial charge in [0, 0.05) is 19.3 Å². The van der Waals surface area contributed by atoms with Crippen molar-refractivity contribution in [3.05, 3.63) is 134 Å². The maximum Gasteiger partial charge on any atom is 0.306 e. The van der Waals surface area contributed by atoms with Gasteiger partial charge in [0.05, 0.1) is 0 Å². The van der Waals surface area contributed by atoms with Crippen molar-refractivity contribution in [3.8, 4) is 0 Å². The molecule has 0 aliphatic heterocycles. The minimum atomic E-state index is -0.807. The number of allylic oxidation sites excluding steroid dienone is 22. The van der Waals surface area contributed by atoms with Crippen molar-refractivity contribution in [2.45, 2.75) is 245 Å². The van der Waals surface area contributed by atoms with Crippen LogP contribution in [0.2, 0.25) is 0 Å². The van der Waals surface area contributed by atoms with E-state index in [-0.39, 0.29) is 37.5 Å².